The second-order valence-corrected chi connectivity index (χ2v) is 4.48. The van der Waals surface area contributed by atoms with E-state index in [1.807, 2.05) is 18.6 Å². The van der Waals surface area contributed by atoms with Gasteiger partial charge in [0.15, 0.2) is 5.65 Å². The average molecular weight is 272 g/mol. The first-order valence-electron chi connectivity index (χ1n) is 4.32. The Bertz CT molecular complexity index is 466. The highest BCUT2D eigenvalue weighted by molar-refractivity contribution is 9.10. The van der Waals surface area contributed by atoms with Crippen molar-refractivity contribution in [2.75, 3.05) is 6.26 Å². The molecule has 0 aliphatic carbocycles. The first-order valence-corrected chi connectivity index (χ1v) is 6.34. The summed E-state index contributed by atoms with van der Waals surface area (Å²) in [5.74, 6) is 0. The molecule has 0 saturated heterocycles. The van der Waals surface area contributed by atoms with Gasteiger partial charge in [-0.25, -0.2) is 9.97 Å². The molecule has 0 bridgehead atoms. The number of imidazole rings is 1. The van der Waals surface area contributed by atoms with Crippen LogP contribution >= 0.6 is 27.7 Å². The molecule has 0 N–H and O–H groups in total. The van der Waals surface area contributed by atoms with Gasteiger partial charge in [0.05, 0.1) is 0 Å². The summed E-state index contributed by atoms with van der Waals surface area (Å²) in [5, 5.41) is 0.957. The predicted molar refractivity (Wildman–Crippen MR) is 61.8 cm³/mol. The summed E-state index contributed by atoms with van der Waals surface area (Å²) in [6.07, 6.45) is 6.85. The lowest BCUT2D eigenvalue weighted by Gasteiger charge is -2.02. The molecule has 0 radical (unpaired) electrons. The molecular weight excluding hydrogens is 262 g/mol. The summed E-state index contributed by atoms with van der Waals surface area (Å²) >= 11 is 5.01. The first kappa shape index (κ1) is 9.98. The zero-order valence-corrected chi connectivity index (χ0v) is 10.4. The van der Waals surface area contributed by atoms with Crippen molar-refractivity contribution in [3.8, 4) is 0 Å². The van der Waals surface area contributed by atoms with E-state index in [4.69, 9.17) is 0 Å². The van der Waals surface area contributed by atoms with Crippen molar-refractivity contribution in [2.45, 2.75) is 18.4 Å². The van der Waals surface area contributed by atoms with E-state index in [1.165, 1.54) is 5.69 Å². The molecule has 2 aromatic rings. The van der Waals surface area contributed by atoms with E-state index < -0.39 is 0 Å². The molecule has 0 amide bonds. The third-order valence-corrected chi connectivity index (χ3v) is 3.11. The summed E-state index contributed by atoms with van der Waals surface area (Å²) in [5.41, 5.74) is 2.15. The van der Waals surface area contributed by atoms with Crippen molar-refractivity contribution in [3.63, 3.8) is 0 Å². The van der Waals surface area contributed by atoms with Gasteiger partial charge in [0.1, 0.15) is 9.63 Å². The Balaban J connectivity index is 2.76. The van der Waals surface area contributed by atoms with Gasteiger partial charge in [-0.3, -0.25) is 4.40 Å². The van der Waals surface area contributed by atoms with Gasteiger partial charge in [-0.1, -0.05) is 6.92 Å². The zero-order valence-electron chi connectivity index (χ0n) is 7.99. The molecule has 0 spiro atoms. The number of thioether (sulfide) groups is 1. The highest BCUT2D eigenvalue weighted by atomic mass is 79.9. The second-order valence-electron chi connectivity index (χ2n) is 2.87. The quantitative estimate of drug-likeness (QED) is 0.787. The molecule has 5 heteroatoms. The molecule has 0 atom stereocenters. The number of aromatic nitrogens is 3. The van der Waals surface area contributed by atoms with E-state index in [9.17, 15) is 0 Å². The van der Waals surface area contributed by atoms with Crippen LogP contribution in [-0.4, -0.2) is 20.6 Å². The summed E-state index contributed by atoms with van der Waals surface area (Å²) < 4.78 is 2.94. The van der Waals surface area contributed by atoms with Gasteiger partial charge in [0.25, 0.3) is 0 Å². The van der Waals surface area contributed by atoms with E-state index in [1.54, 1.807) is 11.8 Å². The van der Waals surface area contributed by atoms with Gasteiger partial charge in [-0.05, 0) is 28.6 Å². The standard InChI is InChI=1S/C9H10BrN3S/c1-3-6-4-11-8-9(14-2)12-7(10)5-13(6)8/h4-5H,3H2,1-2H3. The fraction of sp³-hybridized carbons (Fsp3) is 0.333. The number of hydrogen-bond donors (Lipinski definition) is 0. The Morgan fingerprint density at radius 2 is 2.36 bits per heavy atom. The van der Waals surface area contributed by atoms with Crippen molar-refractivity contribution < 1.29 is 0 Å². The summed E-state index contributed by atoms with van der Waals surface area (Å²) in [7, 11) is 0. The van der Waals surface area contributed by atoms with Crippen LogP contribution in [0.3, 0.4) is 0 Å². The molecule has 2 heterocycles. The van der Waals surface area contributed by atoms with Gasteiger partial charge in [-0.2, -0.15) is 0 Å². The minimum atomic E-state index is 0.849. The fourth-order valence-electron chi connectivity index (χ4n) is 1.38. The van der Waals surface area contributed by atoms with Crippen LogP contribution in [0.25, 0.3) is 5.65 Å². The number of hydrogen-bond acceptors (Lipinski definition) is 3. The molecule has 0 aromatic carbocycles. The molecule has 14 heavy (non-hydrogen) atoms. The van der Waals surface area contributed by atoms with E-state index >= 15 is 0 Å². The number of nitrogens with zero attached hydrogens (tertiary/aromatic N) is 3. The minimum Gasteiger partial charge on any atom is -0.299 e. The van der Waals surface area contributed by atoms with Gasteiger partial charge in [0, 0.05) is 18.1 Å². The molecule has 2 aromatic heterocycles. The van der Waals surface area contributed by atoms with Crippen molar-refractivity contribution in [1.82, 2.24) is 14.4 Å². The van der Waals surface area contributed by atoms with Crippen LogP contribution in [0.4, 0.5) is 0 Å². The molecular formula is C9H10BrN3S. The number of aryl methyl sites for hydroxylation is 1. The van der Waals surface area contributed by atoms with Crippen molar-refractivity contribution >= 4 is 33.3 Å². The highest BCUT2D eigenvalue weighted by Gasteiger charge is 2.08. The van der Waals surface area contributed by atoms with Crippen molar-refractivity contribution in [1.29, 1.82) is 0 Å². The summed E-state index contributed by atoms with van der Waals surface area (Å²) in [4.78, 5) is 8.72. The largest absolute Gasteiger partial charge is 0.299 e. The van der Waals surface area contributed by atoms with Crippen LogP contribution in [-0.2, 0) is 6.42 Å². The molecule has 74 valence electrons. The molecule has 0 aliphatic heterocycles. The van der Waals surface area contributed by atoms with Crippen LogP contribution in [0.15, 0.2) is 22.0 Å². The number of rotatable bonds is 2. The van der Waals surface area contributed by atoms with Crippen LogP contribution < -0.4 is 0 Å². The highest BCUT2D eigenvalue weighted by Crippen LogP contribution is 2.22. The Kier molecular flexibility index (Phi) is 2.78. The third-order valence-electron chi connectivity index (χ3n) is 2.06. The van der Waals surface area contributed by atoms with E-state index in [-0.39, 0.29) is 0 Å². The monoisotopic (exact) mass is 271 g/mol. The lowest BCUT2D eigenvalue weighted by molar-refractivity contribution is 0.943. The molecule has 3 nitrogen and oxygen atoms in total. The first-order chi connectivity index (χ1) is 6.76. The number of halogens is 1. The Labute approximate surface area is 95.1 Å². The molecule has 0 aliphatic rings. The average Bonchev–Trinajstić information content (AvgIpc) is 2.59. The van der Waals surface area contributed by atoms with E-state index in [0.29, 0.717) is 0 Å². The molecule has 0 fully saturated rings. The summed E-state index contributed by atoms with van der Waals surface area (Å²) in [6, 6.07) is 0. The van der Waals surface area contributed by atoms with Crippen LogP contribution in [0.1, 0.15) is 12.6 Å². The Morgan fingerprint density at radius 3 is 3.00 bits per heavy atom. The topological polar surface area (TPSA) is 30.2 Å². The van der Waals surface area contributed by atoms with Crippen molar-refractivity contribution in [2.24, 2.45) is 0 Å². The van der Waals surface area contributed by atoms with Gasteiger partial charge >= 0.3 is 0 Å². The second kappa shape index (κ2) is 3.90. The SMILES string of the molecule is CCc1cnc2c(SC)nc(Br)cn12. The van der Waals surface area contributed by atoms with Crippen molar-refractivity contribution in [3.05, 3.63) is 22.7 Å². The van der Waals surface area contributed by atoms with Gasteiger partial charge in [0.2, 0.25) is 0 Å². The minimum absolute atomic E-state index is 0.849. The van der Waals surface area contributed by atoms with Crippen LogP contribution in [0.5, 0.6) is 0 Å². The maximum atomic E-state index is 4.36. The molecule has 2 rings (SSSR count). The molecule has 0 unspecified atom stereocenters. The maximum absolute atomic E-state index is 4.36. The summed E-state index contributed by atoms with van der Waals surface area (Å²) in [6.45, 7) is 2.12. The third kappa shape index (κ3) is 1.54. The smallest absolute Gasteiger partial charge is 0.169 e. The lowest BCUT2D eigenvalue weighted by atomic mass is 10.4. The van der Waals surface area contributed by atoms with E-state index in [0.717, 1.165) is 21.7 Å². The fourth-order valence-corrected chi connectivity index (χ4v) is 2.40. The lowest BCUT2D eigenvalue weighted by Crippen LogP contribution is -1.95. The number of fused-ring (bicyclic) bond motifs is 1. The van der Waals surface area contributed by atoms with Gasteiger partial charge in [-0.15, -0.1) is 11.8 Å². The van der Waals surface area contributed by atoms with Crippen LogP contribution in [0.2, 0.25) is 0 Å². The van der Waals surface area contributed by atoms with E-state index in [2.05, 4.69) is 37.2 Å². The predicted octanol–water partition coefficient (Wildman–Crippen LogP) is 2.78. The zero-order chi connectivity index (χ0) is 10.1. The van der Waals surface area contributed by atoms with Gasteiger partial charge < -0.3 is 0 Å². The maximum Gasteiger partial charge on any atom is 0.169 e. The van der Waals surface area contributed by atoms with Crippen LogP contribution in [0, 0.1) is 0 Å². The molecule has 0 saturated carbocycles. The Morgan fingerprint density at radius 1 is 1.57 bits per heavy atom. The Hall–Kier alpha value is -0.550. The normalized spacial score (nSPS) is 11.1.